The number of nitrogens with zero attached hydrogens (tertiary/aromatic N) is 1. The zero-order valence-corrected chi connectivity index (χ0v) is 7.77. The van der Waals surface area contributed by atoms with Gasteiger partial charge < -0.3 is 10.2 Å². The second-order valence-corrected chi connectivity index (χ2v) is 4.26. The van der Waals surface area contributed by atoms with Crippen LogP contribution < -0.4 is 0 Å². The molecule has 0 aromatic rings. The van der Waals surface area contributed by atoms with E-state index in [0.717, 1.165) is 12.8 Å². The molecule has 1 saturated heterocycles. The van der Waals surface area contributed by atoms with E-state index >= 15 is 0 Å². The molecule has 5 nitrogen and oxygen atoms in total. The number of carboxylic acid groups (broad SMARTS) is 2. The molecule has 1 heterocycles. The fourth-order valence-electron chi connectivity index (χ4n) is 2.43. The molecule has 2 fully saturated rings. The number of carbonyl (C=O) groups is 2. The molecule has 0 amide bonds. The number of piperidine rings is 1. The number of aliphatic carboxylic acids is 2. The van der Waals surface area contributed by atoms with Crippen LogP contribution in [0, 0.1) is 11.3 Å². The van der Waals surface area contributed by atoms with Crippen molar-refractivity contribution < 1.29 is 19.8 Å². The van der Waals surface area contributed by atoms with Gasteiger partial charge in [0.2, 0.25) is 0 Å². The van der Waals surface area contributed by atoms with Crippen molar-refractivity contribution in [3.05, 3.63) is 0 Å². The highest BCUT2D eigenvalue weighted by Crippen LogP contribution is 2.57. The first-order valence-corrected chi connectivity index (χ1v) is 4.72. The van der Waals surface area contributed by atoms with E-state index in [1.807, 2.05) is 0 Å². The van der Waals surface area contributed by atoms with Gasteiger partial charge in [-0.05, 0) is 25.3 Å². The minimum Gasteiger partial charge on any atom is -0.481 e. The van der Waals surface area contributed by atoms with Crippen LogP contribution in [0.5, 0.6) is 0 Å². The van der Waals surface area contributed by atoms with Gasteiger partial charge >= 0.3 is 11.9 Å². The molecule has 0 spiro atoms. The predicted molar refractivity (Wildman–Crippen MR) is 46.9 cm³/mol. The second kappa shape index (κ2) is 2.95. The summed E-state index contributed by atoms with van der Waals surface area (Å²) in [6, 6.07) is 0. The molecule has 2 aliphatic rings. The summed E-state index contributed by atoms with van der Waals surface area (Å²) in [7, 11) is 0. The molecule has 2 N–H and O–H groups in total. The maximum absolute atomic E-state index is 11.0. The van der Waals surface area contributed by atoms with E-state index in [2.05, 4.69) is 0 Å². The normalized spacial score (nSPS) is 36.1. The van der Waals surface area contributed by atoms with Crippen LogP contribution >= 0.6 is 0 Å². The fraction of sp³-hybridized carbons (Fsp3) is 0.778. The zero-order chi connectivity index (χ0) is 10.3. The van der Waals surface area contributed by atoms with E-state index in [-0.39, 0.29) is 12.5 Å². The average Bonchev–Trinajstić information content (AvgIpc) is 2.77. The monoisotopic (exact) mass is 199 g/mol. The van der Waals surface area contributed by atoms with Gasteiger partial charge in [0.25, 0.3) is 0 Å². The van der Waals surface area contributed by atoms with Crippen molar-refractivity contribution in [2.24, 2.45) is 11.3 Å². The predicted octanol–water partition coefficient (Wildman–Crippen LogP) is -0.132. The molecule has 2 unspecified atom stereocenters. The lowest BCUT2D eigenvalue weighted by Gasteiger charge is -2.28. The van der Waals surface area contributed by atoms with Crippen LogP contribution in [0.1, 0.15) is 12.8 Å². The standard InChI is InChI=1S/C9H13NO4/c11-7(12)4-10-2-1-6-3-9(6,5-10)8(13)14/h6H,1-5H2,(H,11,12)(H,13,14). The van der Waals surface area contributed by atoms with Crippen LogP contribution in [0.25, 0.3) is 0 Å². The third kappa shape index (κ3) is 1.37. The van der Waals surface area contributed by atoms with Crippen LogP contribution in [0.2, 0.25) is 0 Å². The fourth-order valence-corrected chi connectivity index (χ4v) is 2.43. The van der Waals surface area contributed by atoms with Crippen molar-refractivity contribution in [3.8, 4) is 0 Å². The van der Waals surface area contributed by atoms with E-state index in [1.54, 1.807) is 4.90 Å². The maximum Gasteiger partial charge on any atom is 0.317 e. The number of hydrogen-bond acceptors (Lipinski definition) is 3. The molecule has 14 heavy (non-hydrogen) atoms. The van der Waals surface area contributed by atoms with Gasteiger partial charge in [-0.25, -0.2) is 0 Å². The van der Waals surface area contributed by atoms with Crippen molar-refractivity contribution in [2.75, 3.05) is 19.6 Å². The van der Waals surface area contributed by atoms with E-state index in [4.69, 9.17) is 10.2 Å². The van der Waals surface area contributed by atoms with Gasteiger partial charge in [-0.1, -0.05) is 0 Å². The Bertz CT molecular complexity index is 291. The van der Waals surface area contributed by atoms with Crippen molar-refractivity contribution >= 4 is 11.9 Å². The van der Waals surface area contributed by atoms with E-state index in [0.29, 0.717) is 13.1 Å². The highest BCUT2D eigenvalue weighted by Gasteiger charge is 2.62. The van der Waals surface area contributed by atoms with Crippen LogP contribution in [0.3, 0.4) is 0 Å². The highest BCUT2D eigenvalue weighted by atomic mass is 16.4. The molecular weight excluding hydrogens is 186 g/mol. The molecule has 0 radical (unpaired) electrons. The third-order valence-electron chi connectivity index (χ3n) is 3.32. The van der Waals surface area contributed by atoms with E-state index < -0.39 is 17.4 Å². The first-order valence-electron chi connectivity index (χ1n) is 4.72. The number of hydrogen-bond donors (Lipinski definition) is 2. The summed E-state index contributed by atoms with van der Waals surface area (Å²) in [5.74, 6) is -1.37. The van der Waals surface area contributed by atoms with Gasteiger partial charge in [-0.15, -0.1) is 0 Å². The largest absolute Gasteiger partial charge is 0.481 e. The molecule has 0 aromatic carbocycles. The summed E-state index contributed by atoms with van der Waals surface area (Å²) in [4.78, 5) is 23.2. The summed E-state index contributed by atoms with van der Waals surface area (Å²) in [6.07, 6.45) is 1.54. The van der Waals surface area contributed by atoms with Gasteiger partial charge in [0.15, 0.2) is 0 Å². The van der Waals surface area contributed by atoms with Crippen LogP contribution in [0.4, 0.5) is 0 Å². The van der Waals surface area contributed by atoms with Crippen LogP contribution in [-0.4, -0.2) is 46.7 Å². The smallest absolute Gasteiger partial charge is 0.317 e. The molecule has 2 rings (SSSR count). The second-order valence-electron chi connectivity index (χ2n) is 4.26. The Morgan fingerprint density at radius 1 is 1.43 bits per heavy atom. The summed E-state index contributed by atoms with van der Waals surface area (Å²) >= 11 is 0. The third-order valence-corrected chi connectivity index (χ3v) is 3.32. The SMILES string of the molecule is O=C(O)CN1CCC2CC2(C(=O)O)C1. The average molecular weight is 199 g/mol. The molecule has 78 valence electrons. The molecular formula is C9H13NO4. The van der Waals surface area contributed by atoms with Gasteiger partial charge in [-0.3, -0.25) is 14.5 Å². The number of carboxylic acids is 2. The minimum atomic E-state index is -0.885. The molecule has 2 atom stereocenters. The number of fused-ring (bicyclic) bond motifs is 1. The lowest BCUT2D eigenvalue weighted by atomic mass is 9.97. The van der Waals surface area contributed by atoms with Crippen LogP contribution in [0.15, 0.2) is 0 Å². The molecule has 5 heteroatoms. The molecule has 1 saturated carbocycles. The molecule has 0 aromatic heterocycles. The highest BCUT2D eigenvalue weighted by molar-refractivity contribution is 5.79. The zero-order valence-electron chi connectivity index (χ0n) is 7.77. The topological polar surface area (TPSA) is 77.8 Å². The number of likely N-dealkylation sites (tertiary alicyclic amines) is 1. The number of rotatable bonds is 3. The van der Waals surface area contributed by atoms with Crippen molar-refractivity contribution in [1.82, 2.24) is 4.90 Å². The lowest BCUT2D eigenvalue weighted by Crippen LogP contribution is -2.42. The summed E-state index contributed by atoms with van der Waals surface area (Å²) in [5, 5.41) is 17.6. The Hall–Kier alpha value is -1.10. The Labute approximate surface area is 81.3 Å². The van der Waals surface area contributed by atoms with Gasteiger partial charge in [0.05, 0.1) is 12.0 Å². The minimum absolute atomic E-state index is 0.0399. The Balaban J connectivity index is 2.00. The summed E-state index contributed by atoms with van der Waals surface area (Å²) < 4.78 is 0. The Morgan fingerprint density at radius 2 is 2.14 bits per heavy atom. The van der Waals surface area contributed by atoms with Gasteiger partial charge in [-0.2, -0.15) is 0 Å². The maximum atomic E-state index is 11.0. The van der Waals surface area contributed by atoms with Crippen molar-refractivity contribution in [2.45, 2.75) is 12.8 Å². The Morgan fingerprint density at radius 3 is 2.71 bits per heavy atom. The summed E-state index contributed by atoms with van der Waals surface area (Å²) in [5.41, 5.74) is -0.617. The summed E-state index contributed by atoms with van der Waals surface area (Å²) in [6.45, 7) is 1.08. The van der Waals surface area contributed by atoms with Crippen molar-refractivity contribution in [1.29, 1.82) is 0 Å². The quantitative estimate of drug-likeness (QED) is 0.662. The van der Waals surface area contributed by atoms with E-state index in [1.165, 1.54) is 0 Å². The van der Waals surface area contributed by atoms with Gasteiger partial charge in [0, 0.05) is 6.54 Å². The molecule has 1 aliphatic carbocycles. The van der Waals surface area contributed by atoms with Gasteiger partial charge in [0.1, 0.15) is 0 Å². The van der Waals surface area contributed by atoms with E-state index in [9.17, 15) is 9.59 Å². The Kier molecular flexibility index (Phi) is 1.99. The van der Waals surface area contributed by atoms with Crippen LogP contribution in [-0.2, 0) is 9.59 Å². The molecule has 0 bridgehead atoms. The molecule has 1 aliphatic heterocycles. The first-order chi connectivity index (χ1) is 6.54. The lowest BCUT2D eigenvalue weighted by molar-refractivity contribution is -0.148. The van der Waals surface area contributed by atoms with Crippen molar-refractivity contribution in [3.63, 3.8) is 0 Å². The first kappa shape index (κ1) is 9.45.